The van der Waals surface area contributed by atoms with Gasteiger partial charge in [-0.1, -0.05) is 0 Å². The third kappa shape index (κ3) is 39.2. The second-order valence-corrected chi connectivity index (χ2v) is 5.56. The molecule has 4 N–H and O–H groups in total. The van der Waals surface area contributed by atoms with Gasteiger partial charge in [-0.25, -0.2) is 0 Å². The molecule has 0 saturated carbocycles. The summed E-state index contributed by atoms with van der Waals surface area (Å²) in [6.07, 6.45) is 3.00. The summed E-state index contributed by atoms with van der Waals surface area (Å²) >= 11 is 0. The molecule has 0 aromatic heterocycles. The molecule has 0 rings (SSSR count). The van der Waals surface area contributed by atoms with Gasteiger partial charge in [0.05, 0.1) is 25.9 Å². The molecule has 0 amide bonds. The Morgan fingerprint density at radius 2 is 1.18 bits per heavy atom. The second kappa shape index (κ2) is 25.0. The van der Waals surface area contributed by atoms with Crippen LogP contribution in [0.5, 0.6) is 0 Å². The SMILES string of the molecule is COCCCCOC(=O)CCC(C)=O.O=C(O)CCC(=O)O.OCCCCO. The molecule has 0 spiro atoms. The summed E-state index contributed by atoms with van der Waals surface area (Å²) in [5.41, 5.74) is 0. The van der Waals surface area contributed by atoms with Crippen LogP contribution in [0.4, 0.5) is 0 Å². The fourth-order valence-electron chi connectivity index (χ4n) is 1.32. The Kier molecular flexibility index (Phi) is 27.3. The summed E-state index contributed by atoms with van der Waals surface area (Å²) in [6.45, 7) is 2.96. The highest BCUT2D eigenvalue weighted by Gasteiger charge is 2.04. The maximum absolute atomic E-state index is 11.0. The Morgan fingerprint density at radius 3 is 1.54 bits per heavy atom. The van der Waals surface area contributed by atoms with Crippen molar-refractivity contribution in [2.45, 2.75) is 58.3 Å². The standard InChI is InChI=1S/C10H18O4.C4H6O4.C4H10O2/c1-9(11)5-6-10(12)14-8-4-3-7-13-2;5-3(6)1-2-4(7)8;5-3-1-2-4-6/h3-8H2,1-2H3;1-2H2,(H,5,6)(H,7,8);5-6H,1-4H2. The first-order valence-electron chi connectivity index (χ1n) is 9.00. The van der Waals surface area contributed by atoms with E-state index in [2.05, 4.69) is 0 Å². The molecule has 0 radical (unpaired) electrons. The van der Waals surface area contributed by atoms with E-state index in [1.165, 1.54) is 6.92 Å². The lowest BCUT2D eigenvalue weighted by Gasteiger charge is -2.03. The van der Waals surface area contributed by atoms with Gasteiger partial charge in [-0.3, -0.25) is 14.4 Å². The minimum Gasteiger partial charge on any atom is -0.481 e. The highest BCUT2D eigenvalue weighted by molar-refractivity contribution is 5.80. The van der Waals surface area contributed by atoms with Crippen LogP contribution in [0, 0.1) is 0 Å². The molecular formula is C18H34O10. The summed E-state index contributed by atoms with van der Waals surface area (Å²) < 4.78 is 9.73. The fourth-order valence-corrected chi connectivity index (χ4v) is 1.32. The Morgan fingerprint density at radius 1 is 0.714 bits per heavy atom. The van der Waals surface area contributed by atoms with Gasteiger partial charge in [-0.2, -0.15) is 0 Å². The number of unbranched alkanes of at least 4 members (excludes halogenated alkanes) is 2. The molecule has 0 fully saturated rings. The van der Waals surface area contributed by atoms with E-state index in [0.29, 0.717) is 13.2 Å². The normalized spacial score (nSPS) is 9.29. The zero-order valence-corrected chi connectivity index (χ0v) is 16.7. The molecule has 0 heterocycles. The van der Waals surface area contributed by atoms with Gasteiger partial charge in [0.15, 0.2) is 0 Å². The number of hydrogen-bond acceptors (Lipinski definition) is 8. The second-order valence-electron chi connectivity index (χ2n) is 5.56. The number of esters is 1. The van der Waals surface area contributed by atoms with Crippen molar-refractivity contribution >= 4 is 23.7 Å². The van der Waals surface area contributed by atoms with E-state index in [1.54, 1.807) is 7.11 Å². The molecule has 0 saturated heterocycles. The third-order valence-corrected chi connectivity index (χ3v) is 2.81. The van der Waals surface area contributed by atoms with Crippen molar-refractivity contribution in [3.8, 4) is 0 Å². The van der Waals surface area contributed by atoms with Gasteiger partial charge >= 0.3 is 17.9 Å². The quantitative estimate of drug-likeness (QED) is 0.239. The van der Waals surface area contributed by atoms with Crippen LogP contribution in [-0.4, -0.2) is 77.7 Å². The number of aliphatic hydroxyl groups is 2. The van der Waals surface area contributed by atoms with Gasteiger partial charge in [0.2, 0.25) is 0 Å². The van der Waals surface area contributed by atoms with Crippen LogP contribution in [0.1, 0.15) is 58.3 Å². The molecule has 0 aliphatic carbocycles. The van der Waals surface area contributed by atoms with Gasteiger partial charge < -0.3 is 34.7 Å². The van der Waals surface area contributed by atoms with Crippen LogP contribution in [0.15, 0.2) is 0 Å². The Hall–Kier alpha value is -2.04. The molecule has 0 aliphatic heterocycles. The summed E-state index contributed by atoms with van der Waals surface area (Å²) in [5, 5.41) is 32.0. The lowest BCUT2D eigenvalue weighted by Crippen LogP contribution is -2.08. The minimum atomic E-state index is -1.08. The number of carboxylic acids is 2. The maximum atomic E-state index is 11.0. The van der Waals surface area contributed by atoms with Gasteiger partial charge in [0, 0.05) is 33.4 Å². The Balaban J connectivity index is -0.000000376. The van der Waals surface area contributed by atoms with Gasteiger partial charge in [-0.15, -0.1) is 0 Å². The van der Waals surface area contributed by atoms with Crippen LogP contribution in [0.3, 0.4) is 0 Å². The lowest BCUT2D eigenvalue weighted by atomic mass is 10.2. The fraction of sp³-hybridized carbons (Fsp3) is 0.778. The number of carbonyl (C=O) groups is 4. The molecule has 10 nitrogen and oxygen atoms in total. The number of ether oxygens (including phenoxy) is 2. The predicted molar refractivity (Wildman–Crippen MR) is 99.9 cm³/mol. The monoisotopic (exact) mass is 410 g/mol. The van der Waals surface area contributed by atoms with Crippen LogP contribution >= 0.6 is 0 Å². The summed E-state index contributed by atoms with van der Waals surface area (Å²) in [7, 11) is 1.64. The number of ketones is 1. The highest BCUT2D eigenvalue weighted by atomic mass is 16.5. The van der Waals surface area contributed by atoms with E-state index in [-0.39, 0.29) is 50.6 Å². The number of hydrogen-bond donors (Lipinski definition) is 4. The molecule has 0 unspecified atom stereocenters. The Labute approximate surface area is 165 Å². The van der Waals surface area contributed by atoms with Crippen LogP contribution in [0.2, 0.25) is 0 Å². The first kappa shape index (κ1) is 30.7. The molecule has 0 aromatic rings. The average Bonchev–Trinajstić information content (AvgIpc) is 2.64. The van der Waals surface area contributed by atoms with E-state index in [9.17, 15) is 19.2 Å². The van der Waals surface area contributed by atoms with Crippen molar-refractivity contribution in [1.82, 2.24) is 0 Å². The number of carbonyl (C=O) groups excluding carboxylic acids is 2. The molecule has 0 aliphatic rings. The van der Waals surface area contributed by atoms with Gasteiger partial charge in [0.1, 0.15) is 5.78 Å². The highest BCUT2D eigenvalue weighted by Crippen LogP contribution is 1.96. The van der Waals surface area contributed by atoms with Crippen molar-refractivity contribution in [1.29, 1.82) is 0 Å². The average molecular weight is 410 g/mol. The number of rotatable bonds is 14. The predicted octanol–water partition coefficient (Wildman–Crippen LogP) is 1.01. The first-order valence-corrected chi connectivity index (χ1v) is 9.00. The largest absolute Gasteiger partial charge is 0.481 e. The molecule has 10 heteroatoms. The van der Waals surface area contributed by atoms with Crippen molar-refractivity contribution in [3.05, 3.63) is 0 Å². The van der Waals surface area contributed by atoms with E-state index in [4.69, 9.17) is 29.9 Å². The van der Waals surface area contributed by atoms with E-state index < -0.39 is 11.9 Å². The van der Waals surface area contributed by atoms with Gasteiger partial charge in [0.25, 0.3) is 0 Å². The summed E-state index contributed by atoms with van der Waals surface area (Å²) in [5.74, 6) is -2.43. The molecule has 0 atom stereocenters. The van der Waals surface area contributed by atoms with Crippen molar-refractivity contribution in [3.63, 3.8) is 0 Å². The molecule has 166 valence electrons. The summed E-state index contributed by atoms with van der Waals surface area (Å²) in [4.78, 5) is 40.8. The van der Waals surface area contributed by atoms with Crippen molar-refractivity contribution < 1.29 is 49.1 Å². The zero-order valence-electron chi connectivity index (χ0n) is 16.7. The number of aliphatic carboxylic acids is 2. The first-order chi connectivity index (χ1) is 13.2. The number of carboxylic acid groups (broad SMARTS) is 2. The maximum Gasteiger partial charge on any atom is 0.306 e. The van der Waals surface area contributed by atoms with E-state index in [1.807, 2.05) is 0 Å². The van der Waals surface area contributed by atoms with E-state index in [0.717, 1.165) is 25.7 Å². The number of aliphatic hydroxyl groups excluding tert-OH is 2. The number of Topliss-reactive ketones (excluding diaryl/α,β-unsaturated/α-hetero) is 1. The summed E-state index contributed by atoms with van der Waals surface area (Å²) in [6, 6.07) is 0. The molecule has 0 aromatic carbocycles. The van der Waals surface area contributed by atoms with Crippen LogP contribution in [-0.2, 0) is 28.7 Å². The lowest BCUT2D eigenvalue weighted by molar-refractivity contribution is -0.145. The van der Waals surface area contributed by atoms with Crippen molar-refractivity contribution in [2.75, 3.05) is 33.5 Å². The minimum absolute atomic E-state index is 0.0151. The number of methoxy groups -OCH3 is 1. The molecule has 28 heavy (non-hydrogen) atoms. The topological polar surface area (TPSA) is 168 Å². The van der Waals surface area contributed by atoms with E-state index >= 15 is 0 Å². The van der Waals surface area contributed by atoms with Gasteiger partial charge in [-0.05, 0) is 32.6 Å². The zero-order chi connectivity index (χ0) is 22.2. The molecule has 0 bridgehead atoms. The van der Waals surface area contributed by atoms with Crippen molar-refractivity contribution in [2.24, 2.45) is 0 Å². The smallest absolute Gasteiger partial charge is 0.306 e. The third-order valence-electron chi connectivity index (χ3n) is 2.81. The van der Waals surface area contributed by atoms with Crippen LogP contribution < -0.4 is 0 Å². The Bertz CT molecular complexity index is 391. The molecular weight excluding hydrogens is 376 g/mol. The van der Waals surface area contributed by atoms with Crippen LogP contribution in [0.25, 0.3) is 0 Å².